The summed E-state index contributed by atoms with van der Waals surface area (Å²) in [6.45, 7) is 3.37. The molecule has 2 aromatic heterocycles. The Morgan fingerprint density at radius 1 is 1.27 bits per heavy atom. The van der Waals surface area contributed by atoms with E-state index < -0.39 is 17.3 Å². The fourth-order valence-corrected chi connectivity index (χ4v) is 4.30. The number of amides is 1. The molecule has 0 unspecified atom stereocenters. The van der Waals surface area contributed by atoms with Crippen LogP contribution in [0.5, 0.6) is 11.5 Å². The van der Waals surface area contributed by atoms with Crippen LogP contribution in [-0.4, -0.2) is 35.6 Å². The Bertz CT molecular complexity index is 1280. The number of nitrogens with one attached hydrogen (secondary N) is 2. The molecular formula is C23H23F3N4O3. The van der Waals surface area contributed by atoms with Gasteiger partial charge in [0.15, 0.2) is 5.60 Å². The summed E-state index contributed by atoms with van der Waals surface area (Å²) in [5.41, 5.74) is 0.133. The quantitative estimate of drug-likeness (QED) is 0.549. The van der Waals surface area contributed by atoms with Crippen LogP contribution in [0.15, 0.2) is 24.4 Å². The molecule has 2 aliphatic rings. The Balaban J connectivity index is 1.59. The number of aromatic amines is 1. The second-order valence-corrected chi connectivity index (χ2v) is 8.92. The summed E-state index contributed by atoms with van der Waals surface area (Å²) in [4.78, 5) is 21.1. The zero-order valence-corrected chi connectivity index (χ0v) is 18.6. The van der Waals surface area contributed by atoms with Crippen molar-refractivity contribution in [3.05, 3.63) is 35.5 Å². The van der Waals surface area contributed by atoms with E-state index in [1.165, 1.54) is 12.0 Å². The van der Waals surface area contributed by atoms with Gasteiger partial charge in [-0.2, -0.15) is 13.2 Å². The number of carbonyl (C=O) groups excluding carboxylic acids is 1. The van der Waals surface area contributed by atoms with Crippen molar-refractivity contribution in [3.63, 3.8) is 0 Å². The molecule has 7 nitrogen and oxygen atoms in total. The van der Waals surface area contributed by atoms with Crippen molar-refractivity contribution in [1.82, 2.24) is 9.97 Å². The first-order valence-corrected chi connectivity index (χ1v) is 10.5. The smallest absolute Gasteiger partial charge is 0.418 e. The number of carbonyl (C=O) groups is 1. The molecule has 1 aliphatic heterocycles. The Kier molecular flexibility index (Phi) is 4.56. The number of ether oxygens (including phenoxy) is 2. The minimum absolute atomic E-state index is 0.0715. The number of hydrogen-bond acceptors (Lipinski definition) is 5. The number of methoxy groups -OCH3 is 1. The summed E-state index contributed by atoms with van der Waals surface area (Å²) in [5.74, 6) is 1.19. The number of aromatic nitrogens is 2. The number of H-pyrrole nitrogens is 1. The number of rotatable bonds is 4. The molecule has 1 saturated carbocycles. The van der Waals surface area contributed by atoms with Crippen molar-refractivity contribution in [3.8, 4) is 11.5 Å². The van der Waals surface area contributed by atoms with Crippen LogP contribution in [0.2, 0.25) is 0 Å². The number of anilines is 3. The number of alkyl halides is 3. The summed E-state index contributed by atoms with van der Waals surface area (Å²) >= 11 is 0. The Morgan fingerprint density at radius 2 is 2.00 bits per heavy atom. The van der Waals surface area contributed by atoms with Crippen LogP contribution in [0.3, 0.4) is 0 Å². The zero-order chi connectivity index (χ0) is 23.7. The van der Waals surface area contributed by atoms with Crippen molar-refractivity contribution in [1.29, 1.82) is 0 Å². The first-order chi connectivity index (χ1) is 15.5. The van der Waals surface area contributed by atoms with Gasteiger partial charge in [-0.05, 0) is 44.2 Å². The van der Waals surface area contributed by atoms with E-state index in [0.717, 1.165) is 19.0 Å². The van der Waals surface area contributed by atoms with E-state index in [2.05, 4.69) is 15.3 Å². The lowest BCUT2D eigenvalue weighted by atomic mass is 10.0. The van der Waals surface area contributed by atoms with E-state index in [4.69, 9.17) is 9.47 Å². The van der Waals surface area contributed by atoms with E-state index in [0.29, 0.717) is 34.3 Å². The van der Waals surface area contributed by atoms with Crippen LogP contribution in [0.4, 0.5) is 30.4 Å². The van der Waals surface area contributed by atoms with Gasteiger partial charge in [0.05, 0.1) is 24.0 Å². The number of halogens is 3. The maximum absolute atomic E-state index is 13.5. The fraction of sp³-hybridized carbons (Fsp3) is 0.391. The van der Waals surface area contributed by atoms with E-state index in [-0.39, 0.29) is 22.9 Å². The third-order valence-corrected chi connectivity index (χ3v) is 6.09. The Hall–Kier alpha value is -3.43. The molecule has 1 fully saturated rings. The standard InChI is InChI=1S/C23H23F3N4O3/c1-22(2)21(31)30(3)15-9-16(32-4)14(8-17(15)33-22)28-18-7-12(11-5-6-11)19-13(23(24,25)26)10-27-20(19)29-18/h7-11H,5-6H2,1-4H3,(H2,27,28,29). The first kappa shape index (κ1) is 21.4. The lowest BCUT2D eigenvalue weighted by molar-refractivity contribution is -0.136. The van der Waals surface area contributed by atoms with E-state index in [9.17, 15) is 18.0 Å². The number of fused-ring (bicyclic) bond motifs is 2. The normalized spacial score (nSPS) is 17.7. The van der Waals surface area contributed by atoms with Gasteiger partial charge in [-0.15, -0.1) is 0 Å². The lowest BCUT2D eigenvalue weighted by Gasteiger charge is -2.37. The molecule has 3 aromatic rings. The van der Waals surface area contributed by atoms with E-state index in [1.807, 2.05) is 0 Å². The number of pyridine rings is 1. The van der Waals surface area contributed by atoms with Gasteiger partial charge in [-0.1, -0.05) is 0 Å². The van der Waals surface area contributed by atoms with Gasteiger partial charge in [0.2, 0.25) is 0 Å². The third-order valence-electron chi connectivity index (χ3n) is 6.09. The van der Waals surface area contributed by atoms with Gasteiger partial charge in [-0.25, -0.2) is 4.98 Å². The highest BCUT2D eigenvalue weighted by atomic mass is 19.4. The maximum atomic E-state index is 13.5. The fourth-order valence-electron chi connectivity index (χ4n) is 4.30. The molecule has 1 aliphatic carbocycles. The van der Waals surface area contributed by atoms with Crippen LogP contribution in [-0.2, 0) is 11.0 Å². The summed E-state index contributed by atoms with van der Waals surface area (Å²) in [6, 6.07) is 5.06. The SMILES string of the molecule is COc1cc2c(cc1Nc1cc(C3CC3)c3c(C(F)(F)F)c[nH]c3n1)OC(C)(C)C(=O)N2C. The second kappa shape index (κ2) is 7.03. The molecule has 0 radical (unpaired) electrons. The largest absolute Gasteiger partial charge is 0.494 e. The van der Waals surface area contributed by atoms with Gasteiger partial charge < -0.3 is 24.7 Å². The molecule has 10 heteroatoms. The molecule has 0 saturated heterocycles. The molecule has 1 aromatic carbocycles. The molecule has 33 heavy (non-hydrogen) atoms. The number of nitrogens with zero attached hydrogens (tertiary/aromatic N) is 2. The highest BCUT2D eigenvalue weighted by Crippen LogP contribution is 2.48. The zero-order valence-electron chi connectivity index (χ0n) is 18.6. The first-order valence-electron chi connectivity index (χ1n) is 10.5. The summed E-state index contributed by atoms with van der Waals surface area (Å²) in [6.07, 6.45) is -1.82. The van der Waals surface area contributed by atoms with Crippen LogP contribution in [0.25, 0.3) is 11.0 Å². The number of benzene rings is 1. The predicted octanol–water partition coefficient (Wildman–Crippen LogP) is 5.35. The third kappa shape index (κ3) is 3.53. The van der Waals surface area contributed by atoms with E-state index >= 15 is 0 Å². The number of hydrogen-bond donors (Lipinski definition) is 2. The molecule has 0 spiro atoms. The van der Waals surface area contributed by atoms with Crippen molar-refractivity contribution < 1.29 is 27.4 Å². The van der Waals surface area contributed by atoms with Gasteiger partial charge >= 0.3 is 6.18 Å². The van der Waals surface area contributed by atoms with Gasteiger partial charge in [0.25, 0.3) is 5.91 Å². The van der Waals surface area contributed by atoms with Crippen LogP contribution < -0.4 is 19.7 Å². The van der Waals surface area contributed by atoms with Crippen molar-refractivity contribution in [2.45, 2.75) is 44.4 Å². The molecule has 0 bridgehead atoms. The topological polar surface area (TPSA) is 79.5 Å². The minimum atomic E-state index is -4.46. The molecule has 3 heterocycles. The average Bonchev–Trinajstić information content (AvgIpc) is 3.49. The monoisotopic (exact) mass is 460 g/mol. The average molecular weight is 460 g/mol. The molecular weight excluding hydrogens is 437 g/mol. The van der Waals surface area contributed by atoms with Crippen molar-refractivity contribution >= 4 is 34.1 Å². The van der Waals surface area contributed by atoms with Crippen LogP contribution in [0.1, 0.15) is 43.7 Å². The Labute approximate surface area is 187 Å². The molecule has 1 amide bonds. The number of likely N-dealkylation sites (N-methyl/N-ethyl adjacent to an activating group) is 1. The highest BCUT2D eigenvalue weighted by Gasteiger charge is 2.40. The van der Waals surface area contributed by atoms with Gasteiger partial charge in [-0.3, -0.25) is 4.79 Å². The molecule has 174 valence electrons. The lowest BCUT2D eigenvalue weighted by Crippen LogP contribution is -2.50. The highest BCUT2D eigenvalue weighted by molar-refractivity contribution is 6.02. The van der Waals surface area contributed by atoms with Gasteiger partial charge in [0.1, 0.15) is 23.0 Å². The van der Waals surface area contributed by atoms with Crippen LogP contribution in [0, 0.1) is 0 Å². The summed E-state index contributed by atoms with van der Waals surface area (Å²) in [7, 11) is 3.16. The summed E-state index contributed by atoms with van der Waals surface area (Å²) < 4.78 is 52.0. The minimum Gasteiger partial charge on any atom is -0.494 e. The Morgan fingerprint density at radius 3 is 2.64 bits per heavy atom. The van der Waals surface area contributed by atoms with E-state index in [1.54, 1.807) is 39.1 Å². The summed E-state index contributed by atoms with van der Waals surface area (Å²) in [5, 5.41) is 3.29. The second-order valence-electron chi connectivity index (χ2n) is 8.92. The van der Waals surface area contributed by atoms with Crippen molar-refractivity contribution in [2.24, 2.45) is 0 Å². The van der Waals surface area contributed by atoms with Crippen molar-refractivity contribution in [2.75, 3.05) is 24.4 Å². The molecule has 2 N–H and O–H groups in total. The predicted molar refractivity (Wildman–Crippen MR) is 117 cm³/mol. The molecule has 5 rings (SSSR count). The van der Waals surface area contributed by atoms with Crippen LogP contribution >= 0.6 is 0 Å². The molecule has 0 atom stereocenters. The van der Waals surface area contributed by atoms with Gasteiger partial charge in [0, 0.05) is 30.8 Å². The maximum Gasteiger partial charge on any atom is 0.418 e.